The predicted molar refractivity (Wildman–Crippen MR) is 45.0 cm³/mol. The number of aromatic amines is 1. The number of rotatable bonds is 1. The minimum atomic E-state index is 0. The number of aromatic nitrogens is 2. The number of nitrogens with one attached hydrogen (secondary N) is 1. The van der Waals surface area contributed by atoms with E-state index in [0.29, 0.717) is 0 Å². The van der Waals surface area contributed by atoms with E-state index >= 15 is 0 Å². The summed E-state index contributed by atoms with van der Waals surface area (Å²) in [5.74, 6) is 1.27. The molecule has 0 aliphatic heterocycles. The summed E-state index contributed by atoms with van der Waals surface area (Å²) in [6.07, 6.45) is 5.03. The summed E-state index contributed by atoms with van der Waals surface area (Å²) < 4.78 is 10.2. The Hall–Kier alpha value is -0.168. The number of hydrogen-bond donors (Lipinski definition) is 1. The van der Waals surface area contributed by atoms with Gasteiger partial charge in [-0.3, -0.25) is 0 Å². The first kappa shape index (κ1) is 13.4. The van der Waals surface area contributed by atoms with Crippen molar-refractivity contribution in [3.8, 4) is 0 Å². The third-order valence-corrected chi connectivity index (χ3v) is 1.31. The van der Waals surface area contributed by atoms with Crippen molar-refractivity contribution in [1.82, 2.24) is 4.98 Å². The molecule has 0 fully saturated rings. The summed E-state index contributed by atoms with van der Waals surface area (Å²) in [4.78, 5) is 3.12. The molecule has 1 N–H and O–H groups in total. The minimum absolute atomic E-state index is 0. The molecule has 0 saturated heterocycles. The molecule has 61 valence electrons. The summed E-state index contributed by atoms with van der Waals surface area (Å²) in [6.45, 7) is 2.13. The van der Waals surface area contributed by atoms with Crippen LogP contribution >= 0.6 is 12.4 Å². The van der Waals surface area contributed by atoms with E-state index < -0.39 is 0 Å². The molecule has 0 unspecified atom stereocenters. The Labute approximate surface area is 80.9 Å². The fraction of sp³-hybridized carbons (Fsp3) is 0.500. The van der Waals surface area contributed by atoms with Crippen LogP contribution in [0.2, 0.25) is 0 Å². The molecule has 0 amide bonds. The topological polar surface area (TPSA) is 36.7 Å². The maximum absolute atomic E-state index is 8.17. The Balaban J connectivity index is 0. The van der Waals surface area contributed by atoms with E-state index in [9.17, 15) is 0 Å². The molecule has 0 saturated carbocycles. The molecular formula is C6H12AlClN2O+. The number of H-pyrrole nitrogens is 1. The predicted octanol–water partition coefficient (Wildman–Crippen LogP) is 0.324. The Morgan fingerprint density at radius 2 is 2.18 bits per heavy atom. The third kappa shape index (κ3) is 4.31. The molecule has 1 radical (unpaired) electrons. The average molecular weight is 191 g/mol. The van der Waals surface area contributed by atoms with Crippen LogP contribution in [0.5, 0.6) is 0 Å². The van der Waals surface area contributed by atoms with Crippen molar-refractivity contribution >= 4 is 28.6 Å². The normalized spacial score (nSPS) is 7.36. The average Bonchev–Trinajstić information content (AvgIpc) is 2.39. The monoisotopic (exact) mass is 190 g/mol. The summed E-state index contributed by atoms with van der Waals surface area (Å²) in [6, 6.07) is 0. The van der Waals surface area contributed by atoms with Crippen LogP contribution < -0.4 is 4.57 Å². The van der Waals surface area contributed by atoms with E-state index in [1.54, 1.807) is 0 Å². The van der Waals surface area contributed by atoms with Gasteiger partial charge < -0.3 is 0 Å². The van der Waals surface area contributed by atoms with E-state index in [2.05, 4.69) is 16.5 Å². The second-order valence-corrected chi connectivity index (χ2v) is 1.87. The first-order valence-corrected chi connectivity index (χ1v) is 3.57. The van der Waals surface area contributed by atoms with Crippen molar-refractivity contribution in [3.05, 3.63) is 18.2 Å². The fourth-order valence-electron chi connectivity index (χ4n) is 0.789. The molecule has 0 bridgehead atoms. The molecule has 11 heavy (non-hydrogen) atoms. The molecule has 1 heterocycles. The first-order chi connectivity index (χ1) is 4.84. The van der Waals surface area contributed by atoms with Crippen molar-refractivity contribution in [2.24, 2.45) is 7.05 Å². The van der Waals surface area contributed by atoms with Gasteiger partial charge in [-0.1, -0.05) is 6.92 Å². The van der Waals surface area contributed by atoms with Crippen molar-refractivity contribution in [3.63, 3.8) is 0 Å². The van der Waals surface area contributed by atoms with E-state index in [4.69, 9.17) is 3.80 Å². The van der Waals surface area contributed by atoms with Crippen molar-refractivity contribution in [2.75, 3.05) is 0 Å². The van der Waals surface area contributed by atoms with Crippen LogP contribution in [0.1, 0.15) is 12.7 Å². The van der Waals surface area contributed by atoms with Gasteiger partial charge in [-0.2, -0.15) is 0 Å². The SMILES string of the molecule is CCc1[nH]cc[n+]1C.Cl.[O]=[Al]. The summed E-state index contributed by atoms with van der Waals surface area (Å²) in [5, 5.41) is 0. The second kappa shape index (κ2) is 7.93. The molecule has 0 spiro atoms. The van der Waals surface area contributed by atoms with E-state index in [1.807, 2.05) is 19.4 Å². The molecule has 0 aromatic carbocycles. The van der Waals surface area contributed by atoms with Crippen molar-refractivity contribution < 1.29 is 8.37 Å². The van der Waals surface area contributed by atoms with Crippen LogP contribution in [0.3, 0.4) is 0 Å². The Kier molecular flexibility index (Phi) is 9.68. The van der Waals surface area contributed by atoms with Crippen LogP contribution in [-0.2, 0) is 17.3 Å². The number of halogens is 1. The Morgan fingerprint density at radius 1 is 1.64 bits per heavy atom. The van der Waals surface area contributed by atoms with Crippen LogP contribution in [0, 0.1) is 0 Å². The zero-order valence-electron chi connectivity index (χ0n) is 6.70. The summed E-state index contributed by atoms with van der Waals surface area (Å²) in [5.41, 5.74) is 0. The van der Waals surface area contributed by atoms with Gasteiger partial charge in [0.05, 0.1) is 7.05 Å². The molecular weight excluding hydrogens is 179 g/mol. The molecule has 5 heteroatoms. The maximum atomic E-state index is 8.17. The molecule has 1 rings (SSSR count). The standard InChI is InChI=1S/C6H10N2.Al.ClH.O/c1-3-6-7-4-5-8(6)2;;;/h4-5H,3H2,1-2H3;;1H;/p+1. The molecule has 1 aromatic rings. The quantitative estimate of drug-likeness (QED) is 0.503. The van der Waals surface area contributed by atoms with Crippen LogP contribution in [-0.4, -0.2) is 21.2 Å². The third-order valence-electron chi connectivity index (χ3n) is 1.31. The van der Waals surface area contributed by atoms with E-state index in [0.717, 1.165) is 6.42 Å². The Bertz CT molecular complexity index is 192. The second-order valence-electron chi connectivity index (χ2n) is 1.87. The number of aryl methyl sites for hydroxylation is 2. The van der Waals surface area contributed by atoms with Gasteiger partial charge in [-0.25, -0.2) is 9.55 Å². The van der Waals surface area contributed by atoms with Gasteiger partial charge in [0.2, 0.25) is 0 Å². The van der Waals surface area contributed by atoms with E-state index in [-0.39, 0.29) is 12.4 Å². The van der Waals surface area contributed by atoms with Gasteiger partial charge in [0.15, 0.2) is 0 Å². The van der Waals surface area contributed by atoms with Gasteiger partial charge in [0.1, 0.15) is 12.4 Å². The molecule has 0 aliphatic carbocycles. The molecule has 3 nitrogen and oxygen atoms in total. The van der Waals surface area contributed by atoms with Crippen molar-refractivity contribution in [1.29, 1.82) is 0 Å². The van der Waals surface area contributed by atoms with Gasteiger partial charge in [-0.05, 0) is 0 Å². The van der Waals surface area contributed by atoms with Gasteiger partial charge in [0, 0.05) is 6.42 Å². The van der Waals surface area contributed by atoms with Gasteiger partial charge >= 0.3 is 20.0 Å². The number of hydrogen-bond acceptors (Lipinski definition) is 1. The van der Waals surface area contributed by atoms with Gasteiger partial charge in [-0.15, -0.1) is 12.4 Å². The summed E-state index contributed by atoms with van der Waals surface area (Å²) in [7, 11) is 2.04. The first-order valence-electron chi connectivity index (χ1n) is 3.10. The van der Waals surface area contributed by atoms with Crippen LogP contribution in [0.15, 0.2) is 12.4 Å². The zero-order chi connectivity index (χ0) is 7.98. The van der Waals surface area contributed by atoms with Crippen molar-refractivity contribution in [2.45, 2.75) is 13.3 Å². The Morgan fingerprint density at radius 3 is 2.36 bits per heavy atom. The van der Waals surface area contributed by atoms with Crippen LogP contribution in [0.25, 0.3) is 0 Å². The zero-order valence-corrected chi connectivity index (χ0v) is 8.67. The van der Waals surface area contributed by atoms with Crippen LogP contribution in [0.4, 0.5) is 0 Å². The van der Waals surface area contributed by atoms with E-state index in [1.165, 1.54) is 22.0 Å². The molecule has 1 aromatic heterocycles. The number of nitrogens with zero attached hydrogens (tertiary/aromatic N) is 1. The fourth-order valence-corrected chi connectivity index (χ4v) is 0.789. The van der Waals surface area contributed by atoms with Gasteiger partial charge in [0.25, 0.3) is 5.82 Å². The molecule has 0 aliphatic rings. The summed E-state index contributed by atoms with van der Waals surface area (Å²) >= 11 is 1.17. The number of imidazole rings is 1. The molecule has 0 atom stereocenters.